The Kier molecular flexibility index (Phi) is 4.18. The molecule has 0 aliphatic rings. The first-order valence-electron chi connectivity index (χ1n) is 6.97. The molecule has 0 saturated heterocycles. The van der Waals surface area contributed by atoms with E-state index in [1.807, 2.05) is 31.3 Å². The number of methoxy groups -OCH3 is 1. The Labute approximate surface area is 142 Å². The van der Waals surface area contributed by atoms with Gasteiger partial charge in [0.15, 0.2) is 5.82 Å². The van der Waals surface area contributed by atoms with Crippen molar-refractivity contribution in [1.29, 1.82) is 0 Å². The molecular formula is C16H13ClN4O3. The van der Waals surface area contributed by atoms with Gasteiger partial charge in [-0.2, -0.15) is 0 Å². The minimum absolute atomic E-state index is 0.0348. The molecule has 0 aliphatic heterocycles. The maximum Gasteiger partial charge on any atom is 0.339 e. The number of nitrogens with zero attached hydrogens (tertiary/aromatic N) is 4. The van der Waals surface area contributed by atoms with Crippen LogP contribution in [0.4, 0.5) is 11.5 Å². The van der Waals surface area contributed by atoms with Gasteiger partial charge < -0.3 is 9.84 Å². The van der Waals surface area contributed by atoms with Gasteiger partial charge >= 0.3 is 5.97 Å². The summed E-state index contributed by atoms with van der Waals surface area (Å²) in [4.78, 5) is 15.6. The van der Waals surface area contributed by atoms with Crippen LogP contribution in [0.1, 0.15) is 16.1 Å². The Morgan fingerprint density at radius 1 is 1.33 bits per heavy atom. The molecule has 7 nitrogen and oxygen atoms in total. The lowest BCUT2D eigenvalue weighted by atomic mass is 10.2. The van der Waals surface area contributed by atoms with E-state index in [4.69, 9.17) is 21.4 Å². The predicted molar refractivity (Wildman–Crippen MR) is 89.1 cm³/mol. The van der Waals surface area contributed by atoms with E-state index < -0.39 is 5.97 Å². The number of carboxylic acid groups (broad SMARTS) is 1. The summed E-state index contributed by atoms with van der Waals surface area (Å²) in [6.07, 6.45) is 1.83. The fraction of sp³-hybridized carbons (Fsp3) is 0.125. The highest BCUT2D eigenvalue weighted by Crippen LogP contribution is 2.34. The number of aromatic carboxylic acids is 1. The number of benzene rings is 1. The summed E-state index contributed by atoms with van der Waals surface area (Å²) in [5.41, 5.74) is 1.75. The summed E-state index contributed by atoms with van der Waals surface area (Å²) in [6, 6.07) is 8.34. The van der Waals surface area contributed by atoms with Gasteiger partial charge in [0.2, 0.25) is 0 Å². The molecule has 0 radical (unpaired) electrons. The van der Waals surface area contributed by atoms with Crippen LogP contribution in [-0.2, 0) is 0 Å². The summed E-state index contributed by atoms with van der Waals surface area (Å²) in [5.74, 6) is -0.395. The zero-order chi connectivity index (χ0) is 17.3. The Morgan fingerprint density at radius 2 is 2.12 bits per heavy atom. The Balaban J connectivity index is 2.05. The molecule has 1 aromatic carbocycles. The van der Waals surface area contributed by atoms with E-state index in [1.54, 1.807) is 4.40 Å². The van der Waals surface area contributed by atoms with Crippen molar-refractivity contribution in [3.05, 3.63) is 52.8 Å². The zero-order valence-electron chi connectivity index (χ0n) is 12.9. The van der Waals surface area contributed by atoms with Crippen LogP contribution in [0.25, 0.3) is 5.65 Å². The van der Waals surface area contributed by atoms with Gasteiger partial charge in [0.25, 0.3) is 0 Å². The number of hydrogen-bond donors (Lipinski definition) is 1. The SMILES string of the molecule is COc1cc(N=Nc2c(C)nc3ccccn23)c(Cl)cc1C(=O)O. The lowest BCUT2D eigenvalue weighted by Gasteiger charge is -2.06. The Morgan fingerprint density at radius 3 is 2.83 bits per heavy atom. The van der Waals surface area contributed by atoms with Crippen LogP contribution >= 0.6 is 11.6 Å². The first kappa shape index (κ1) is 15.9. The number of hydrogen-bond acceptors (Lipinski definition) is 5. The lowest BCUT2D eigenvalue weighted by Crippen LogP contribution is -2.00. The number of aryl methyl sites for hydroxylation is 1. The molecule has 8 heteroatoms. The topological polar surface area (TPSA) is 88.5 Å². The average Bonchev–Trinajstić information content (AvgIpc) is 2.88. The molecular weight excluding hydrogens is 332 g/mol. The molecule has 0 fully saturated rings. The van der Waals surface area contributed by atoms with Crippen molar-refractivity contribution in [2.24, 2.45) is 10.2 Å². The fourth-order valence-corrected chi connectivity index (χ4v) is 2.48. The van der Waals surface area contributed by atoms with Crippen molar-refractivity contribution < 1.29 is 14.6 Å². The average molecular weight is 345 g/mol. The highest BCUT2D eigenvalue weighted by molar-refractivity contribution is 6.33. The number of azo groups is 1. The minimum Gasteiger partial charge on any atom is -0.496 e. The molecule has 0 atom stereocenters. The standard InChI is InChI=1S/C16H13ClN4O3/c1-9-15(21-6-4-3-5-14(21)18-9)20-19-12-8-13(24-2)10(16(22)23)7-11(12)17/h3-8H,1-2H3,(H,22,23). The Bertz CT molecular complexity index is 965. The normalized spacial score (nSPS) is 11.3. The molecule has 0 unspecified atom stereocenters. The molecule has 0 amide bonds. The largest absolute Gasteiger partial charge is 0.496 e. The second-order valence-electron chi connectivity index (χ2n) is 4.96. The number of pyridine rings is 1. The van der Waals surface area contributed by atoms with Crippen LogP contribution in [0.15, 0.2) is 46.8 Å². The number of aromatic nitrogens is 2. The van der Waals surface area contributed by atoms with Crippen molar-refractivity contribution in [1.82, 2.24) is 9.38 Å². The van der Waals surface area contributed by atoms with Gasteiger partial charge in [-0.15, -0.1) is 10.2 Å². The summed E-state index contributed by atoms with van der Waals surface area (Å²) in [7, 11) is 1.38. The molecule has 24 heavy (non-hydrogen) atoms. The number of rotatable bonds is 4. The van der Waals surface area contributed by atoms with E-state index in [0.29, 0.717) is 11.5 Å². The van der Waals surface area contributed by atoms with Crippen molar-refractivity contribution in [2.45, 2.75) is 6.92 Å². The quantitative estimate of drug-likeness (QED) is 0.709. The Hall–Kier alpha value is -2.93. The van der Waals surface area contributed by atoms with Crippen molar-refractivity contribution in [3.63, 3.8) is 0 Å². The van der Waals surface area contributed by atoms with Crippen LogP contribution in [0, 0.1) is 6.92 Å². The van der Waals surface area contributed by atoms with E-state index in [-0.39, 0.29) is 16.3 Å². The molecule has 3 aromatic rings. The number of fused-ring (bicyclic) bond motifs is 1. The number of halogens is 1. The smallest absolute Gasteiger partial charge is 0.339 e. The first-order valence-corrected chi connectivity index (χ1v) is 7.35. The lowest BCUT2D eigenvalue weighted by molar-refractivity contribution is 0.0693. The van der Waals surface area contributed by atoms with Crippen LogP contribution in [0.3, 0.4) is 0 Å². The molecule has 0 aliphatic carbocycles. The summed E-state index contributed by atoms with van der Waals surface area (Å²) in [6.45, 7) is 1.83. The van der Waals surface area contributed by atoms with Crippen molar-refractivity contribution in [3.8, 4) is 5.75 Å². The van der Waals surface area contributed by atoms with Gasteiger partial charge in [0, 0.05) is 12.3 Å². The van der Waals surface area contributed by atoms with E-state index in [9.17, 15) is 4.79 Å². The highest BCUT2D eigenvalue weighted by atomic mass is 35.5. The van der Waals surface area contributed by atoms with Gasteiger partial charge in [0.1, 0.15) is 22.6 Å². The van der Waals surface area contributed by atoms with Gasteiger partial charge in [-0.1, -0.05) is 17.7 Å². The molecule has 3 rings (SSSR count). The molecule has 122 valence electrons. The predicted octanol–water partition coefficient (Wildman–Crippen LogP) is 4.42. The third-order valence-corrected chi connectivity index (χ3v) is 3.73. The van der Waals surface area contributed by atoms with Crippen LogP contribution in [0.5, 0.6) is 5.75 Å². The number of imidazole rings is 1. The van der Waals surface area contributed by atoms with E-state index in [1.165, 1.54) is 19.2 Å². The van der Waals surface area contributed by atoms with Crippen molar-refractivity contribution in [2.75, 3.05) is 7.11 Å². The summed E-state index contributed by atoms with van der Waals surface area (Å²) in [5, 5.41) is 17.7. The molecule has 0 spiro atoms. The third-order valence-electron chi connectivity index (χ3n) is 3.42. The summed E-state index contributed by atoms with van der Waals surface area (Å²) >= 11 is 6.11. The molecule has 1 N–H and O–H groups in total. The number of carbonyl (C=O) groups is 1. The summed E-state index contributed by atoms with van der Waals surface area (Å²) < 4.78 is 6.88. The van der Waals surface area contributed by atoms with Gasteiger partial charge in [-0.3, -0.25) is 4.40 Å². The highest BCUT2D eigenvalue weighted by Gasteiger charge is 2.15. The van der Waals surface area contributed by atoms with Crippen LogP contribution in [-0.4, -0.2) is 27.6 Å². The number of carboxylic acids is 1. The van der Waals surface area contributed by atoms with E-state index in [2.05, 4.69) is 15.2 Å². The van der Waals surface area contributed by atoms with Crippen molar-refractivity contribution >= 4 is 34.7 Å². The third kappa shape index (κ3) is 2.81. The van der Waals surface area contributed by atoms with Gasteiger partial charge in [-0.25, -0.2) is 9.78 Å². The monoisotopic (exact) mass is 344 g/mol. The molecule has 2 aromatic heterocycles. The van der Waals surface area contributed by atoms with E-state index >= 15 is 0 Å². The molecule has 0 bridgehead atoms. The maximum absolute atomic E-state index is 11.2. The van der Waals surface area contributed by atoms with Gasteiger partial charge in [-0.05, 0) is 25.1 Å². The minimum atomic E-state index is -1.13. The first-order chi connectivity index (χ1) is 11.5. The second-order valence-corrected chi connectivity index (χ2v) is 5.37. The fourth-order valence-electron chi connectivity index (χ4n) is 2.28. The van der Waals surface area contributed by atoms with E-state index in [0.717, 1.165) is 11.3 Å². The number of ether oxygens (including phenoxy) is 1. The molecule has 0 saturated carbocycles. The zero-order valence-corrected chi connectivity index (χ0v) is 13.7. The maximum atomic E-state index is 11.2. The van der Waals surface area contributed by atoms with Crippen LogP contribution in [0.2, 0.25) is 5.02 Å². The van der Waals surface area contributed by atoms with Gasteiger partial charge in [0.05, 0.1) is 17.8 Å². The van der Waals surface area contributed by atoms with Crippen LogP contribution < -0.4 is 4.74 Å². The molecule has 2 heterocycles. The second kappa shape index (κ2) is 6.29.